The lowest BCUT2D eigenvalue weighted by atomic mass is 10.2. The Labute approximate surface area is 133 Å². The van der Waals surface area contributed by atoms with Crippen LogP contribution in [0.25, 0.3) is 0 Å². The molecule has 0 atom stereocenters. The van der Waals surface area contributed by atoms with E-state index in [1.54, 1.807) is 17.0 Å². The summed E-state index contributed by atoms with van der Waals surface area (Å²) < 4.78 is 6.22. The minimum atomic E-state index is -0.468. The van der Waals surface area contributed by atoms with E-state index >= 15 is 0 Å². The fraction of sp³-hybridized carbons (Fsp3) is 0.533. The number of aromatic hydroxyl groups is 1. The summed E-state index contributed by atoms with van der Waals surface area (Å²) in [5.41, 5.74) is 0.482. The number of phenolic OH excluding ortho intramolecular Hbond substituents is 1. The summed E-state index contributed by atoms with van der Waals surface area (Å²) in [5.74, 6) is 0.231. The molecule has 1 aromatic rings. The summed E-state index contributed by atoms with van der Waals surface area (Å²) in [4.78, 5) is 15.9. The van der Waals surface area contributed by atoms with Crippen LogP contribution in [0.3, 0.4) is 0 Å². The predicted molar refractivity (Wildman–Crippen MR) is 85.8 cm³/mol. The smallest absolute Gasteiger partial charge is 0.410 e. The highest BCUT2D eigenvalue weighted by Crippen LogP contribution is 2.27. The molecule has 1 saturated heterocycles. The van der Waals surface area contributed by atoms with Crippen LogP contribution in [0.2, 0.25) is 0 Å². The molecule has 1 fully saturated rings. The second-order valence-electron chi connectivity index (χ2n) is 6.12. The molecule has 5 nitrogen and oxygen atoms in total. The number of rotatable bonds is 1. The molecule has 21 heavy (non-hydrogen) atoms. The Morgan fingerprint density at radius 1 is 1.19 bits per heavy atom. The molecule has 116 valence electrons. The SMILES string of the molecule is CC(C)(C)OC(=O)N1CCN(c2cc(O)cc(Br)c2)CC1. The van der Waals surface area contributed by atoms with Gasteiger partial charge in [-0.3, -0.25) is 0 Å². The van der Waals surface area contributed by atoms with Crippen molar-refractivity contribution in [3.63, 3.8) is 0 Å². The summed E-state index contributed by atoms with van der Waals surface area (Å²) in [7, 11) is 0. The number of hydrogen-bond donors (Lipinski definition) is 1. The average Bonchev–Trinajstić information content (AvgIpc) is 2.35. The van der Waals surface area contributed by atoms with E-state index in [9.17, 15) is 9.90 Å². The van der Waals surface area contributed by atoms with Crippen LogP contribution in [0.1, 0.15) is 20.8 Å². The van der Waals surface area contributed by atoms with E-state index in [4.69, 9.17) is 4.74 Å². The van der Waals surface area contributed by atoms with E-state index in [2.05, 4.69) is 20.8 Å². The largest absolute Gasteiger partial charge is 0.508 e. The molecule has 0 spiro atoms. The van der Waals surface area contributed by atoms with E-state index in [-0.39, 0.29) is 11.8 Å². The number of piperazine rings is 1. The summed E-state index contributed by atoms with van der Waals surface area (Å²) in [6, 6.07) is 5.34. The monoisotopic (exact) mass is 356 g/mol. The summed E-state index contributed by atoms with van der Waals surface area (Å²) >= 11 is 3.38. The zero-order valence-corrected chi connectivity index (χ0v) is 14.2. The number of anilines is 1. The van der Waals surface area contributed by atoms with Crippen LogP contribution in [-0.2, 0) is 4.74 Å². The molecule has 1 N–H and O–H groups in total. The highest BCUT2D eigenvalue weighted by atomic mass is 79.9. The van der Waals surface area contributed by atoms with Crippen LogP contribution in [0.15, 0.2) is 22.7 Å². The molecule has 6 heteroatoms. The molecule has 1 aliphatic rings. The number of halogens is 1. The minimum absolute atomic E-state index is 0.231. The standard InChI is InChI=1S/C15H21BrN2O3/c1-15(2,3)21-14(20)18-6-4-17(5-7-18)12-8-11(16)9-13(19)10-12/h8-10,19H,4-7H2,1-3H3. The summed E-state index contributed by atoms with van der Waals surface area (Å²) in [5, 5.41) is 9.65. The lowest BCUT2D eigenvalue weighted by Crippen LogP contribution is -2.50. The zero-order valence-electron chi connectivity index (χ0n) is 12.6. The molecule has 0 aromatic heterocycles. The van der Waals surface area contributed by atoms with Crippen molar-refractivity contribution in [3.8, 4) is 5.75 Å². The highest BCUT2D eigenvalue weighted by Gasteiger charge is 2.26. The van der Waals surface area contributed by atoms with Crippen LogP contribution < -0.4 is 4.90 Å². The van der Waals surface area contributed by atoms with Gasteiger partial charge in [-0.25, -0.2) is 4.79 Å². The Morgan fingerprint density at radius 2 is 1.81 bits per heavy atom. The molecule has 1 aliphatic heterocycles. The van der Waals surface area contributed by atoms with Gasteiger partial charge in [-0.1, -0.05) is 15.9 Å². The molecule has 0 aliphatic carbocycles. The maximum absolute atomic E-state index is 12.0. The van der Waals surface area contributed by atoms with Gasteiger partial charge in [0.05, 0.1) is 0 Å². The first kappa shape index (κ1) is 15.9. The van der Waals surface area contributed by atoms with Crippen LogP contribution in [0.5, 0.6) is 5.75 Å². The number of ether oxygens (including phenoxy) is 1. The molecule has 1 heterocycles. The van der Waals surface area contributed by atoms with Crippen molar-refractivity contribution in [2.45, 2.75) is 26.4 Å². The van der Waals surface area contributed by atoms with Crippen molar-refractivity contribution in [2.24, 2.45) is 0 Å². The van der Waals surface area contributed by atoms with E-state index in [0.717, 1.165) is 23.2 Å². The third-order valence-electron chi connectivity index (χ3n) is 3.16. The lowest BCUT2D eigenvalue weighted by Gasteiger charge is -2.36. The number of hydrogen-bond acceptors (Lipinski definition) is 4. The summed E-state index contributed by atoms with van der Waals surface area (Å²) in [6.07, 6.45) is -0.265. The first-order chi connectivity index (χ1) is 9.74. The van der Waals surface area contributed by atoms with Gasteiger partial charge in [0.1, 0.15) is 11.4 Å². The first-order valence-electron chi connectivity index (χ1n) is 6.97. The number of amides is 1. The average molecular weight is 357 g/mol. The van der Waals surface area contributed by atoms with Gasteiger partial charge in [0, 0.05) is 42.4 Å². The van der Waals surface area contributed by atoms with Crippen LogP contribution in [0.4, 0.5) is 10.5 Å². The second-order valence-corrected chi connectivity index (χ2v) is 7.04. The van der Waals surface area contributed by atoms with Crippen LogP contribution >= 0.6 is 15.9 Å². The number of phenols is 1. The van der Waals surface area contributed by atoms with E-state index in [1.165, 1.54) is 0 Å². The zero-order chi connectivity index (χ0) is 15.6. The minimum Gasteiger partial charge on any atom is -0.508 e. The van der Waals surface area contributed by atoms with Gasteiger partial charge in [0.25, 0.3) is 0 Å². The Morgan fingerprint density at radius 3 is 2.33 bits per heavy atom. The second kappa shape index (κ2) is 6.13. The third-order valence-corrected chi connectivity index (χ3v) is 3.62. The molecular formula is C15H21BrN2O3. The van der Waals surface area contributed by atoms with Gasteiger partial charge >= 0.3 is 6.09 Å². The predicted octanol–water partition coefficient (Wildman–Crippen LogP) is 3.21. The number of carbonyl (C=O) groups excluding carboxylic acids is 1. The fourth-order valence-corrected chi connectivity index (χ4v) is 2.68. The molecule has 0 radical (unpaired) electrons. The van der Waals surface area contributed by atoms with Crippen LogP contribution in [-0.4, -0.2) is 47.9 Å². The van der Waals surface area contributed by atoms with Crippen LogP contribution in [0, 0.1) is 0 Å². The molecule has 0 bridgehead atoms. The Balaban J connectivity index is 1.95. The van der Waals surface area contributed by atoms with Crippen molar-refractivity contribution >= 4 is 27.7 Å². The van der Waals surface area contributed by atoms with Gasteiger partial charge in [-0.05, 0) is 32.9 Å². The molecule has 0 unspecified atom stereocenters. The maximum atomic E-state index is 12.0. The molecule has 1 aromatic carbocycles. The van der Waals surface area contributed by atoms with E-state index in [1.807, 2.05) is 26.8 Å². The molecule has 0 saturated carbocycles. The van der Waals surface area contributed by atoms with Crippen molar-refractivity contribution in [1.29, 1.82) is 0 Å². The topological polar surface area (TPSA) is 53.0 Å². The molecule has 1 amide bonds. The van der Waals surface area contributed by atoms with E-state index < -0.39 is 5.60 Å². The Bertz CT molecular complexity index is 500. The Hall–Kier alpha value is -1.43. The van der Waals surface area contributed by atoms with Gasteiger partial charge in [-0.15, -0.1) is 0 Å². The van der Waals surface area contributed by atoms with Crippen molar-refractivity contribution in [1.82, 2.24) is 4.90 Å². The summed E-state index contributed by atoms with van der Waals surface area (Å²) in [6.45, 7) is 8.26. The van der Waals surface area contributed by atoms with Gasteiger partial charge in [0.15, 0.2) is 0 Å². The van der Waals surface area contributed by atoms with E-state index in [0.29, 0.717) is 13.1 Å². The first-order valence-corrected chi connectivity index (χ1v) is 7.76. The third kappa shape index (κ3) is 4.52. The lowest BCUT2D eigenvalue weighted by molar-refractivity contribution is 0.0240. The van der Waals surface area contributed by atoms with Crippen molar-refractivity contribution in [2.75, 3.05) is 31.1 Å². The highest BCUT2D eigenvalue weighted by molar-refractivity contribution is 9.10. The van der Waals surface area contributed by atoms with Crippen molar-refractivity contribution < 1.29 is 14.6 Å². The number of nitrogens with zero attached hydrogens (tertiary/aromatic N) is 2. The van der Waals surface area contributed by atoms with Gasteiger partial charge in [-0.2, -0.15) is 0 Å². The van der Waals surface area contributed by atoms with Gasteiger partial charge < -0.3 is 19.6 Å². The quantitative estimate of drug-likeness (QED) is 0.839. The fourth-order valence-electron chi connectivity index (χ4n) is 2.22. The van der Waals surface area contributed by atoms with Gasteiger partial charge in [0.2, 0.25) is 0 Å². The Kier molecular flexibility index (Phi) is 4.66. The maximum Gasteiger partial charge on any atom is 0.410 e. The number of benzene rings is 1. The number of carbonyl (C=O) groups is 1. The molecule has 2 rings (SSSR count). The molecular weight excluding hydrogens is 336 g/mol. The van der Waals surface area contributed by atoms with Crippen molar-refractivity contribution in [3.05, 3.63) is 22.7 Å². The normalized spacial score (nSPS) is 16.0.